The molecule has 1 atom stereocenters. The van der Waals surface area contributed by atoms with Gasteiger partial charge in [0.25, 0.3) is 0 Å². The van der Waals surface area contributed by atoms with Gasteiger partial charge in [0.05, 0.1) is 0 Å². The maximum absolute atomic E-state index is 10.6. The van der Waals surface area contributed by atoms with E-state index in [9.17, 15) is 4.79 Å². The molecule has 0 aliphatic carbocycles. The van der Waals surface area contributed by atoms with Crippen LogP contribution in [0.1, 0.15) is 27.2 Å². The summed E-state index contributed by atoms with van der Waals surface area (Å²) >= 11 is 0. The van der Waals surface area contributed by atoms with Crippen LogP contribution < -0.4 is 5.32 Å². The number of hydrogen-bond donors (Lipinski definition) is 2. The zero-order chi connectivity index (χ0) is 8.85. The average molecular weight is 196 g/mol. The van der Waals surface area contributed by atoms with Crippen LogP contribution in [0.5, 0.6) is 0 Å². The Hall–Kier alpha value is -0.280. The van der Waals surface area contributed by atoms with Crippen LogP contribution in [-0.2, 0) is 4.79 Å². The molecule has 0 aromatic heterocycles. The Morgan fingerprint density at radius 1 is 1.50 bits per heavy atom. The van der Waals surface area contributed by atoms with Crippen LogP contribution in [0.15, 0.2) is 0 Å². The molecule has 3 nitrogen and oxygen atoms in total. The van der Waals surface area contributed by atoms with E-state index in [1.807, 2.05) is 20.8 Å². The van der Waals surface area contributed by atoms with Crippen molar-refractivity contribution in [2.24, 2.45) is 5.92 Å². The molecule has 1 unspecified atom stereocenters. The molecular weight excluding hydrogens is 178 g/mol. The summed E-state index contributed by atoms with van der Waals surface area (Å²) in [5.41, 5.74) is 0. The minimum atomic E-state index is -0.749. The van der Waals surface area contributed by atoms with Gasteiger partial charge in [-0.3, -0.25) is 4.79 Å². The molecule has 0 aromatic rings. The van der Waals surface area contributed by atoms with Crippen LogP contribution in [0.2, 0.25) is 0 Å². The van der Waals surface area contributed by atoms with Crippen molar-refractivity contribution in [1.82, 2.24) is 5.32 Å². The third-order valence-electron chi connectivity index (χ3n) is 1.46. The molecule has 0 rings (SSSR count). The minimum absolute atomic E-state index is 0. The summed E-state index contributed by atoms with van der Waals surface area (Å²) in [4.78, 5) is 10.6. The Morgan fingerprint density at radius 2 is 2.00 bits per heavy atom. The van der Waals surface area contributed by atoms with Crippen LogP contribution in [0.3, 0.4) is 0 Å². The second kappa shape index (κ2) is 7.37. The average Bonchev–Trinajstić information content (AvgIpc) is 1.86. The number of aliphatic carboxylic acids is 1. The van der Waals surface area contributed by atoms with E-state index in [1.165, 1.54) is 0 Å². The molecule has 0 heterocycles. The molecular formula is C8H18ClNO2. The van der Waals surface area contributed by atoms with Crippen LogP contribution in [0.25, 0.3) is 0 Å². The highest BCUT2D eigenvalue weighted by Gasteiger charge is 2.16. The van der Waals surface area contributed by atoms with Gasteiger partial charge >= 0.3 is 5.97 Å². The summed E-state index contributed by atoms with van der Waals surface area (Å²) < 4.78 is 0. The molecule has 2 N–H and O–H groups in total. The zero-order valence-electron chi connectivity index (χ0n) is 7.83. The van der Waals surface area contributed by atoms with E-state index in [0.717, 1.165) is 0 Å². The smallest absolute Gasteiger partial charge is 0.320 e. The SMILES string of the molecule is CCNC(CC(C)C)C(=O)O.Cl. The monoisotopic (exact) mass is 195 g/mol. The van der Waals surface area contributed by atoms with E-state index in [4.69, 9.17) is 5.11 Å². The Balaban J connectivity index is 0. The summed E-state index contributed by atoms with van der Waals surface area (Å²) in [6, 6.07) is -0.375. The van der Waals surface area contributed by atoms with Gasteiger partial charge in [-0.1, -0.05) is 20.8 Å². The highest BCUT2D eigenvalue weighted by molar-refractivity contribution is 5.85. The van der Waals surface area contributed by atoms with E-state index >= 15 is 0 Å². The summed E-state index contributed by atoms with van der Waals surface area (Å²) in [7, 11) is 0. The third-order valence-corrected chi connectivity index (χ3v) is 1.46. The molecule has 0 amide bonds. The number of likely N-dealkylation sites (N-methyl/N-ethyl adjacent to an activating group) is 1. The first-order valence-corrected chi connectivity index (χ1v) is 4.04. The standard InChI is InChI=1S/C8H17NO2.ClH/c1-4-9-7(8(10)11)5-6(2)3;/h6-7,9H,4-5H2,1-3H3,(H,10,11);1H. The molecule has 0 saturated heterocycles. The quantitative estimate of drug-likeness (QED) is 0.700. The molecule has 12 heavy (non-hydrogen) atoms. The molecule has 0 spiro atoms. The number of carbonyl (C=O) groups is 1. The fourth-order valence-electron chi connectivity index (χ4n) is 0.989. The van der Waals surface area contributed by atoms with Crippen molar-refractivity contribution in [3.05, 3.63) is 0 Å². The highest BCUT2D eigenvalue weighted by atomic mass is 35.5. The van der Waals surface area contributed by atoms with Gasteiger partial charge in [-0.2, -0.15) is 0 Å². The van der Waals surface area contributed by atoms with Crippen LogP contribution in [0.4, 0.5) is 0 Å². The normalized spacial score (nSPS) is 12.3. The summed E-state index contributed by atoms with van der Waals surface area (Å²) in [5, 5.41) is 11.6. The number of nitrogens with one attached hydrogen (secondary N) is 1. The second-order valence-corrected chi connectivity index (χ2v) is 3.08. The molecule has 0 bridgehead atoms. The van der Waals surface area contributed by atoms with Gasteiger partial charge < -0.3 is 10.4 Å². The van der Waals surface area contributed by atoms with Gasteiger partial charge in [0.15, 0.2) is 0 Å². The van der Waals surface area contributed by atoms with Crippen molar-refractivity contribution in [3.8, 4) is 0 Å². The molecule has 4 heteroatoms. The van der Waals surface area contributed by atoms with E-state index in [2.05, 4.69) is 5.32 Å². The third kappa shape index (κ3) is 6.43. The number of rotatable bonds is 5. The predicted octanol–water partition coefficient (Wildman–Crippen LogP) is 1.52. The first kappa shape index (κ1) is 14.3. The lowest BCUT2D eigenvalue weighted by Crippen LogP contribution is -2.37. The molecule has 0 aliphatic rings. The number of halogens is 1. The minimum Gasteiger partial charge on any atom is -0.480 e. The van der Waals surface area contributed by atoms with Crippen LogP contribution in [-0.4, -0.2) is 23.7 Å². The Labute approximate surface area is 80.0 Å². The lowest BCUT2D eigenvalue weighted by molar-refractivity contribution is -0.139. The molecule has 0 aromatic carbocycles. The predicted molar refractivity (Wildman–Crippen MR) is 51.8 cm³/mol. The lowest BCUT2D eigenvalue weighted by Gasteiger charge is -2.14. The van der Waals surface area contributed by atoms with Crippen molar-refractivity contribution in [2.45, 2.75) is 33.2 Å². The van der Waals surface area contributed by atoms with Crippen molar-refractivity contribution in [2.75, 3.05) is 6.54 Å². The lowest BCUT2D eigenvalue weighted by atomic mass is 10.0. The molecule has 74 valence electrons. The maximum atomic E-state index is 10.6. The van der Waals surface area contributed by atoms with Crippen LogP contribution >= 0.6 is 12.4 Å². The first-order valence-electron chi connectivity index (χ1n) is 4.04. The van der Waals surface area contributed by atoms with E-state index in [1.54, 1.807) is 0 Å². The molecule has 0 aliphatic heterocycles. The summed E-state index contributed by atoms with van der Waals surface area (Å²) in [6.45, 7) is 6.67. The second-order valence-electron chi connectivity index (χ2n) is 3.08. The topological polar surface area (TPSA) is 49.3 Å². The summed E-state index contributed by atoms with van der Waals surface area (Å²) in [6.07, 6.45) is 0.698. The number of carboxylic acids is 1. The summed E-state index contributed by atoms with van der Waals surface area (Å²) in [5.74, 6) is -0.323. The van der Waals surface area contributed by atoms with Gasteiger partial charge in [-0.15, -0.1) is 12.4 Å². The van der Waals surface area contributed by atoms with E-state index in [0.29, 0.717) is 18.9 Å². The Kier molecular flexibility index (Phi) is 8.76. The number of hydrogen-bond acceptors (Lipinski definition) is 2. The van der Waals surface area contributed by atoms with Gasteiger partial charge in [0.2, 0.25) is 0 Å². The molecule has 0 fully saturated rings. The van der Waals surface area contributed by atoms with Gasteiger partial charge in [0.1, 0.15) is 6.04 Å². The van der Waals surface area contributed by atoms with Gasteiger partial charge in [0, 0.05) is 0 Å². The Bertz CT molecular complexity index is 128. The van der Waals surface area contributed by atoms with E-state index in [-0.39, 0.29) is 18.4 Å². The molecule has 0 saturated carbocycles. The fraction of sp³-hybridized carbons (Fsp3) is 0.875. The first-order chi connectivity index (χ1) is 5.07. The largest absolute Gasteiger partial charge is 0.480 e. The van der Waals surface area contributed by atoms with Gasteiger partial charge in [-0.25, -0.2) is 0 Å². The van der Waals surface area contributed by atoms with Crippen molar-refractivity contribution in [3.63, 3.8) is 0 Å². The van der Waals surface area contributed by atoms with E-state index < -0.39 is 5.97 Å². The number of carboxylic acid groups (broad SMARTS) is 1. The Morgan fingerprint density at radius 3 is 2.25 bits per heavy atom. The molecule has 0 radical (unpaired) electrons. The maximum Gasteiger partial charge on any atom is 0.320 e. The van der Waals surface area contributed by atoms with Crippen molar-refractivity contribution >= 4 is 18.4 Å². The zero-order valence-corrected chi connectivity index (χ0v) is 8.65. The van der Waals surface area contributed by atoms with Crippen molar-refractivity contribution in [1.29, 1.82) is 0 Å². The fourth-order valence-corrected chi connectivity index (χ4v) is 0.989. The van der Waals surface area contributed by atoms with Crippen molar-refractivity contribution < 1.29 is 9.90 Å². The highest BCUT2D eigenvalue weighted by Crippen LogP contribution is 2.04. The van der Waals surface area contributed by atoms with Crippen LogP contribution in [0, 0.1) is 5.92 Å². The van der Waals surface area contributed by atoms with Gasteiger partial charge in [-0.05, 0) is 18.9 Å².